The quantitative estimate of drug-likeness (QED) is 0.572. The number of nitro groups is 2. The highest BCUT2D eigenvalue weighted by molar-refractivity contribution is 5.37. The fourth-order valence-electron chi connectivity index (χ4n) is 1.79. The molecule has 0 amide bonds. The van der Waals surface area contributed by atoms with Gasteiger partial charge in [0.1, 0.15) is 24.2 Å². The summed E-state index contributed by atoms with van der Waals surface area (Å²) in [5.74, 6) is 0.991. The Morgan fingerprint density at radius 1 is 0.870 bits per heavy atom. The molecule has 8 nitrogen and oxygen atoms in total. The maximum Gasteiger partial charge on any atom is 0.269 e. The van der Waals surface area contributed by atoms with Crippen LogP contribution in [0.4, 0.5) is 11.4 Å². The van der Waals surface area contributed by atoms with Crippen LogP contribution in [0.25, 0.3) is 0 Å². The molecular weight excluding hydrogens is 304 g/mol. The van der Waals surface area contributed by atoms with Gasteiger partial charge in [-0.05, 0) is 31.2 Å². The smallest absolute Gasteiger partial charge is 0.269 e. The highest BCUT2D eigenvalue weighted by Gasteiger charge is 2.09. The summed E-state index contributed by atoms with van der Waals surface area (Å²) < 4.78 is 11.1. The summed E-state index contributed by atoms with van der Waals surface area (Å²) in [5, 5.41) is 21.1. The van der Waals surface area contributed by atoms with Gasteiger partial charge in [-0.2, -0.15) is 0 Å². The molecule has 1 atom stereocenters. The first-order valence-electron chi connectivity index (χ1n) is 6.74. The van der Waals surface area contributed by atoms with Gasteiger partial charge in [-0.15, -0.1) is 0 Å². The Balaban J connectivity index is 1.85. The molecule has 0 heterocycles. The fraction of sp³-hybridized carbons (Fsp3) is 0.200. The molecule has 0 saturated carbocycles. The molecule has 0 radical (unpaired) electrons. The Morgan fingerprint density at radius 2 is 1.30 bits per heavy atom. The van der Waals surface area contributed by atoms with Crippen LogP contribution < -0.4 is 9.47 Å². The molecule has 2 rings (SSSR count). The zero-order chi connectivity index (χ0) is 16.8. The second-order valence-electron chi connectivity index (χ2n) is 4.74. The molecule has 0 aliphatic carbocycles. The van der Waals surface area contributed by atoms with Crippen molar-refractivity contribution in [2.24, 2.45) is 0 Å². The Kier molecular flexibility index (Phi) is 5.08. The van der Waals surface area contributed by atoms with Gasteiger partial charge in [0, 0.05) is 24.3 Å². The topological polar surface area (TPSA) is 105 Å². The first-order chi connectivity index (χ1) is 11.0. The van der Waals surface area contributed by atoms with Gasteiger partial charge in [-0.25, -0.2) is 0 Å². The molecule has 0 aliphatic rings. The van der Waals surface area contributed by atoms with E-state index in [0.29, 0.717) is 11.5 Å². The van der Waals surface area contributed by atoms with Crippen LogP contribution in [0.5, 0.6) is 11.5 Å². The van der Waals surface area contributed by atoms with Crippen LogP contribution in [0.1, 0.15) is 6.92 Å². The van der Waals surface area contributed by atoms with Gasteiger partial charge in [0.25, 0.3) is 11.4 Å². The average Bonchev–Trinajstić information content (AvgIpc) is 2.54. The maximum absolute atomic E-state index is 10.6. The molecule has 0 fully saturated rings. The zero-order valence-corrected chi connectivity index (χ0v) is 12.2. The lowest BCUT2D eigenvalue weighted by Gasteiger charge is -2.15. The maximum atomic E-state index is 10.6. The molecule has 0 saturated heterocycles. The summed E-state index contributed by atoms with van der Waals surface area (Å²) in [7, 11) is 0. The number of rotatable bonds is 7. The van der Waals surface area contributed by atoms with Crippen molar-refractivity contribution in [2.45, 2.75) is 13.0 Å². The summed E-state index contributed by atoms with van der Waals surface area (Å²) in [6.45, 7) is 2.02. The van der Waals surface area contributed by atoms with Crippen molar-refractivity contribution in [2.75, 3.05) is 6.61 Å². The number of hydrogen-bond acceptors (Lipinski definition) is 6. The fourth-order valence-corrected chi connectivity index (χ4v) is 1.79. The van der Waals surface area contributed by atoms with Gasteiger partial charge < -0.3 is 9.47 Å². The molecule has 0 spiro atoms. The van der Waals surface area contributed by atoms with E-state index in [-0.39, 0.29) is 24.1 Å². The van der Waals surface area contributed by atoms with E-state index in [9.17, 15) is 20.2 Å². The van der Waals surface area contributed by atoms with E-state index in [2.05, 4.69) is 0 Å². The Labute approximate surface area is 131 Å². The van der Waals surface area contributed by atoms with Crippen molar-refractivity contribution in [3.8, 4) is 11.5 Å². The van der Waals surface area contributed by atoms with Crippen molar-refractivity contribution in [3.05, 3.63) is 68.8 Å². The van der Waals surface area contributed by atoms with E-state index < -0.39 is 9.85 Å². The van der Waals surface area contributed by atoms with Crippen molar-refractivity contribution in [3.63, 3.8) is 0 Å². The molecule has 0 N–H and O–H groups in total. The third-order valence-corrected chi connectivity index (χ3v) is 2.92. The number of ether oxygens (including phenoxy) is 2. The Bertz CT molecular complexity index is 684. The second-order valence-corrected chi connectivity index (χ2v) is 4.74. The zero-order valence-electron chi connectivity index (χ0n) is 12.2. The van der Waals surface area contributed by atoms with E-state index in [4.69, 9.17) is 9.47 Å². The third kappa shape index (κ3) is 4.67. The summed E-state index contributed by atoms with van der Waals surface area (Å²) in [4.78, 5) is 20.1. The molecule has 23 heavy (non-hydrogen) atoms. The lowest BCUT2D eigenvalue weighted by atomic mass is 10.3. The van der Waals surface area contributed by atoms with E-state index in [1.54, 1.807) is 6.92 Å². The molecule has 8 heteroatoms. The van der Waals surface area contributed by atoms with E-state index in [0.717, 1.165) is 0 Å². The van der Waals surface area contributed by atoms with Crippen LogP contribution in [0.15, 0.2) is 48.5 Å². The SMILES string of the molecule is CC(COc1ccc([N+](=O)[O-])cc1)Oc1ccc([N+](=O)[O-])cc1. The minimum Gasteiger partial charge on any atom is -0.490 e. The van der Waals surface area contributed by atoms with Crippen molar-refractivity contribution in [1.29, 1.82) is 0 Å². The number of nitro benzene ring substituents is 2. The molecule has 2 aromatic rings. The Hall–Kier alpha value is -3.16. The first kappa shape index (κ1) is 16.2. The minimum absolute atomic E-state index is 0.00692. The first-order valence-corrected chi connectivity index (χ1v) is 6.74. The summed E-state index contributed by atoms with van der Waals surface area (Å²) >= 11 is 0. The van der Waals surface area contributed by atoms with E-state index >= 15 is 0 Å². The summed E-state index contributed by atoms with van der Waals surface area (Å²) in [6, 6.07) is 11.5. The molecule has 0 bridgehead atoms. The largest absolute Gasteiger partial charge is 0.490 e. The predicted molar refractivity (Wildman–Crippen MR) is 81.8 cm³/mol. The second kappa shape index (κ2) is 7.21. The third-order valence-electron chi connectivity index (χ3n) is 2.92. The lowest BCUT2D eigenvalue weighted by Crippen LogP contribution is -2.21. The summed E-state index contributed by atoms with van der Waals surface area (Å²) in [6.07, 6.45) is -0.299. The predicted octanol–water partition coefficient (Wildman–Crippen LogP) is 3.35. The molecule has 120 valence electrons. The molecule has 0 aliphatic heterocycles. The molecule has 1 unspecified atom stereocenters. The molecule has 0 aromatic heterocycles. The van der Waals surface area contributed by atoms with E-state index in [1.807, 2.05) is 0 Å². The highest BCUT2D eigenvalue weighted by Crippen LogP contribution is 2.20. The van der Waals surface area contributed by atoms with Gasteiger partial charge in [-0.1, -0.05) is 0 Å². The van der Waals surface area contributed by atoms with Crippen LogP contribution in [0, 0.1) is 20.2 Å². The summed E-state index contributed by atoms with van der Waals surface area (Å²) in [5.41, 5.74) is -0.0142. The highest BCUT2D eigenvalue weighted by atomic mass is 16.6. The minimum atomic E-state index is -0.482. The van der Waals surface area contributed by atoms with Crippen LogP contribution in [0.3, 0.4) is 0 Å². The van der Waals surface area contributed by atoms with Gasteiger partial charge in [0.2, 0.25) is 0 Å². The standard InChI is InChI=1S/C15H14N2O6/c1-11(23-15-8-4-13(5-9-15)17(20)21)10-22-14-6-2-12(3-7-14)16(18)19/h2-9,11H,10H2,1H3. The van der Waals surface area contributed by atoms with Crippen LogP contribution in [-0.4, -0.2) is 22.6 Å². The molecule has 2 aromatic carbocycles. The van der Waals surface area contributed by atoms with Crippen molar-refractivity contribution in [1.82, 2.24) is 0 Å². The van der Waals surface area contributed by atoms with Crippen LogP contribution in [-0.2, 0) is 0 Å². The van der Waals surface area contributed by atoms with Crippen molar-refractivity contribution < 1.29 is 19.3 Å². The Morgan fingerprint density at radius 3 is 1.74 bits per heavy atom. The normalized spacial score (nSPS) is 11.5. The van der Waals surface area contributed by atoms with Gasteiger partial charge in [-0.3, -0.25) is 20.2 Å². The lowest BCUT2D eigenvalue weighted by molar-refractivity contribution is -0.385. The number of benzene rings is 2. The molecular formula is C15H14N2O6. The van der Waals surface area contributed by atoms with Crippen LogP contribution >= 0.6 is 0 Å². The monoisotopic (exact) mass is 318 g/mol. The van der Waals surface area contributed by atoms with Crippen LogP contribution in [0.2, 0.25) is 0 Å². The van der Waals surface area contributed by atoms with Gasteiger partial charge in [0.15, 0.2) is 0 Å². The number of hydrogen-bond donors (Lipinski definition) is 0. The number of nitrogens with zero attached hydrogens (tertiary/aromatic N) is 2. The number of non-ortho nitro benzene ring substituents is 2. The van der Waals surface area contributed by atoms with Crippen molar-refractivity contribution >= 4 is 11.4 Å². The average molecular weight is 318 g/mol. The van der Waals surface area contributed by atoms with Gasteiger partial charge >= 0.3 is 0 Å². The van der Waals surface area contributed by atoms with E-state index in [1.165, 1.54) is 48.5 Å². The van der Waals surface area contributed by atoms with Gasteiger partial charge in [0.05, 0.1) is 9.85 Å².